The molecule has 0 saturated carbocycles. The van der Waals surface area contributed by atoms with E-state index in [1.54, 1.807) is 17.0 Å². The van der Waals surface area contributed by atoms with Crippen molar-refractivity contribution in [2.24, 2.45) is 0 Å². The van der Waals surface area contributed by atoms with E-state index in [4.69, 9.17) is 5.73 Å². The van der Waals surface area contributed by atoms with Gasteiger partial charge in [-0.2, -0.15) is 0 Å². The monoisotopic (exact) mass is 357 g/mol. The van der Waals surface area contributed by atoms with Crippen LogP contribution in [0.4, 0.5) is 11.6 Å². The maximum Gasteiger partial charge on any atom is 0.166 e. The number of benzene rings is 1. The number of nitrogens with zero attached hydrogens (tertiary/aromatic N) is 5. The van der Waals surface area contributed by atoms with Gasteiger partial charge in [0.15, 0.2) is 11.5 Å². The summed E-state index contributed by atoms with van der Waals surface area (Å²) < 4.78 is 1.66. The molecule has 0 radical (unpaired) electrons. The third-order valence-electron chi connectivity index (χ3n) is 5.04. The molecular formula is C20H19N7. The summed E-state index contributed by atoms with van der Waals surface area (Å²) in [5.41, 5.74) is 11.0. The van der Waals surface area contributed by atoms with Crippen molar-refractivity contribution in [2.75, 3.05) is 11.1 Å². The van der Waals surface area contributed by atoms with Crippen LogP contribution in [0.25, 0.3) is 16.9 Å². The molecule has 5 rings (SSSR count). The predicted octanol–water partition coefficient (Wildman–Crippen LogP) is 3.26. The standard InChI is InChI=1S/C20H19N7/c21-19-18(20-22-9-4-10-27(20)26-19)16-11-17(24-12-23-16)25-15-8-3-6-13-5-1-2-7-14(13)15/h1-2,4-5,7,9-12,15H,3,6,8H2,(H2,21,26)(H,23,24,25)/t15-/m1/s1. The fraction of sp³-hybridized carbons (Fsp3) is 0.200. The lowest BCUT2D eigenvalue weighted by molar-refractivity contribution is 0.598. The van der Waals surface area contributed by atoms with Crippen LogP contribution in [-0.4, -0.2) is 24.6 Å². The molecule has 4 aromatic rings. The molecule has 0 spiro atoms. The number of aryl methyl sites for hydroxylation is 1. The van der Waals surface area contributed by atoms with Gasteiger partial charge in [-0.25, -0.2) is 19.5 Å². The minimum Gasteiger partial charge on any atom is -0.382 e. The Morgan fingerprint density at radius 1 is 1.11 bits per heavy atom. The minimum atomic E-state index is 0.247. The largest absolute Gasteiger partial charge is 0.382 e. The van der Waals surface area contributed by atoms with Crippen LogP contribution < -0.4 is 11.1 Å². The molecule has 0 bridgehead atoms. The van der Waals surface area contributed by atoms with Crippen LogP contribution in [0.5, 0.6) is 0 Å². The molecule has 1 aromatic carbocycles. The molecule has 0 fully saturated rings. The van der Waals surface area contributed by atoms with Crippen LogP contribution in [0.15, 0.2) is 55.1 Å². The highest BCUT2D eigenvalue weighted by Crippen LogP contribution is 2.33. The molecule has 27 heavy (non-hydrogen) atoms. The zero-order chi connectivity index (χ0) is 18.2. The lowest BCUT2D eigenvalue weighted by atomic mass is 9.88. The predicted molar refractivity (Wildman–Crippen MR) is 104 cm³/mol. The van der Waals surface area contributed by atoms with E-state index in [9.17, 15) is 0 Å². The van der Waals surface area contributed by atoms with Crippen LogP contribution >= 0.6 is 0 Å². The summed E-state index contributed by atoms with van der Waals surface area (Å²) in [5, 5.41) is 7.88. The molecule has 1 aliphatic carbocycles. The van der Waals surface area contributed by atoms with E-state index in [1.165, 1.54) is 11.1 Å². The topological polar surface area (TPSA) is 94.0 Å². The summed E-state index contributed by atoms with van der Waals surface area (Å²) in [7, 11) is 0. The summed E-state index contributed by atoms with van der Waals surface area (Å²) in [6.45, 7) is 0. The molecule has 0 amide bonds. The van der Waals surface area contributed by atoms with Gasteiger partial charge in [-0.3, -0.25) is 0 Å². The average Bonchev–Trinajstić information content (AvgIpc) is 3.04. The fourth-order valence-corrected chi connectivity index (χ4v) is 3.80. The SMILES string of the molecule is Nc1nn2cccnc2c1-c1cc(N[C@@H]2CCCc3ccccc32)ncn1. The van der Waals surface area contributed by atoms with Crippen LogP contribution in [-0.2, 0) is 6.42 Å². The first kappa shape index (κ1) is 15.7. The van der Waals surface area contributed by atoms with Gasteiger partial charge in [-0.15, -0.1) is 5.10 Å². The molecule has 134 valence electrons. The molecule has 0 aliphatic heterocycles. The maximum absolute atomic E-state index is 6.13. The number of nitrogens with one attached hydrogen (secondary N) is 1. The zero-order valence-electron chi connectivity index (χ0n) is 14.7. The first-order chi connectivity index (χ1) is 13.3. The first-order valence-electron chi connectivity index (χ1n) is 9.05. The number of rotatable bonds is 3. The molecule has 7 nitrogen and oxygen atoms in total. The van der Waals surface area contributed by atoms with Crippen molar-refractivity contribution in [2.45, 2.75) is 25.3 Å². The van der Waals surface area contributed by atoms with Gasteiger partial charge in [0.25, 0.3) is 0 Å². The highest BCUT2D eigenvalue weighted by molar-refractivity contribution is 5.84. The lowest BCUT2D eigenvalue weighted by Gasteiger charge is -2.26. The summed E-state index contributed by atoms with van der Waals surface area (Å²) >= 11 is 0. The Labute approximate surface area is 156 Å². The van der Waals surface area contributed by atoms with Crippen molar-refractivity contribution in [3.8, 4) is 11.3 Å². The molecule has 1 aliphatic rings. The molecule has 7 heteroatoms. The lowest BCUT2D eigenvalue weighted by Crippen LogP contribution is -2.17. The Morgan fingerprint density at radius 3 is 3.00 bits per heavy atom. The molecular weight excluding hydrogens is 338 g/mol. The van der Waals surface area contributed by atoms with Gasteiger partial charge in [-0.1, -0.05) is 24.3 Å². The van der Waals surface area contributed by atoms with Gasteiger partial charge in [0.2, 0.25) is 0 Å². The Balaban J connectivity index is 1.51. The van der Waals surface area contributed by atoms with E-state index in [0.717, 1.165) is 30.6 Å². The molecule has 0 unspecified atom stereocenters. The molecule has 3 N–H and O–H groups in total. The quantitative estimate of drug-likeness (QED) is 0.584. The van der Waals surface area contributed by atoms with Crippen molar-refractivity contribution in [3.05, 3.63) is 66.2 Å². The van der Waals surface area contributed by atoms with Gasteiger partial charge in [0, 0.05) is 18.5 Å². The second-order valence-electron chi connectivity index (χ2n) is 6.72. The Bertz CT molecular complexity index is 1120. The third kappa shape index (κ3) is 2.77. The van der Waals surface area contributed by atoms with E-state index >= 15 is 0 Å². The molecule has 0 saturated heterocycles. The fourth-order valence-electron chi connectivity index (χ4n) is 3.80. The second kappa shape index (κ2) is 6.35. The van der Waals surface area contributed by atoms with Gasteiger partial charge in [0.1, 0.15) is 12.1 Å². The maximum atomic E-state index is 6.13. The highest BCUT2D eigenvalue weighted by Gasteiger charge is 2.21. The minimum absolute atomic E-state index is 0.247. The third-order valence-corrected chi connectivity index (χ3v) is 5.04. The van der Waals surface area contributed by atoms with Gasteiger partial charge >= 0.3 is 0 Å². The van der Waals surface area contributed by atoms with E-state index < -0.39 is 0 Å². The number of hydrogen-bond acceptors (Lipinski definition) is 6. The Kier molecular flexibility index (Phi) is 3.71. The zero-order valence-corrected chi connectivity index (χ0v) is 14.7. The van der Waals surface area contributed by atoms with E-state index in [1.807, 2.05) is 18.3 Å². The summed E-state index contributed by atoms with van der Waals surface area (Å²) in [4.78, 5) is 13.2. The Morgan fingerprint density at radius 2 is 2.04 bits per heavy atom. The van der Waals surface area contributed by atoms with Gasteiger partial charge in [-0.05, 0) is 36.5 Å². The highest BCUT2D eigenvalue weighted by atomic mass is 15.3. The van der Waals surface area contributed by atoms with Gasteiger partial charge < -0.3 is 11.1 Å². The Hall–Kier alpha value is -3.48. The summed E-state index contributed by atoms with van der Waals surface area (Å²) in [6.07, 6.45) is 8.47. The molecule has 1 atom stereocenters. The van der Waals surface area contributed by atoms with Crippen molar-refractivity contribution < 1.29 is 0 Å². The number of fused-ring (bicyclic) bond motifs is 2. The summed E-state index contributed by atoms with van der Waals surface area (Å²) in [5.74, 6) is 1.18. The van der Waals surface area contributed by atoms with E-state index in [2.05, 4.69) is 49.6 Å². The number of nitrogen functional groups attached to an aromatic ring is 1. The van der Waals surface area contributed by atoms with Crippen LogP contribution in [0.2, 0.25) is 0 Å². The van der Waals surface area contributed by atoms with Crippen molar-refractivity contribution in [1.29, 1.82) is 0 Å². The number of nitrogens with two attached hydrogens (primary N) is 1. The smallest absolute Gasteiger partial charge is 0.166 e. The van der Waals surface area contributed by atoms with Crippen molar-refractivity contribution in [1.82, 2.24) is 24.6 Å². The molecule has 3 aromatic heterocycles. The van der Waals surface area contributed by atoms with E-state index in [-0.39, 0.29) is 6.04 Å². The normalized spacial score (nSPS) is 16.2. The van der Waals surface area contributed by atoms with Crippen molar-refractivity contribution in [3.63, 3.8) is 0 Å². The van der Waals surface area contributed by atoms with Crippen molar-refractivity contribution >= 4 is 17.3 Å². The van der Waals surface area contributed by atoms with E-state index in [0.29, 0.717) is 17.2 Å². The van der Waals surface area contributed by atoms with Crippen LogP contribution in [0.1, 0.15) is 30.0 Å². The average molecular weight is 357 g/mol. The number of anilines is 2. The van der Waals surface area contributed by atoms with Gasteiger partial charge in [0.05, 0.1) is 17.3 Å². The van der Waals surface area contributed by atoms with Crippen LogP contribution in [0, 0.1) is 0 Å². The number of hydrogen-bond donors (Lipinski definition) is 2. The second-order valence-corrected chi connectivity index (χ2v) is 6.72. The number of aromatic nitrogens is 5. The van der Waals surface area contributed by atoms with Crippen LogP contribution in [0.3, 0.4) is 0 Å². The molecule has 3 heterocycles. The summed E-state index contributed by atoms with van der Waals surface area (Å²) in [6, 6.07) is 12.6. The first-order valence-corrected chi connectivity index (χ1v) is 9.05.